The topological polar surface area (TPSA) is 47.4 Å². The minimum Gasteiger partial charge on any atom is -0.494 e. The van der Waals surface area contributed by atoms with E-state index in [9.17, 15) is 4.79 Å². The van der Waals surface area contributed by atoms with Crippen molar-refractivity contribution in [2.75, 3.05) is 19.7 Å². The van der Waals surface area contributed by atoms with Crippen LogP contribution in [0, 0.1) is 5.92 Å². The summed E-state index contributed by atoms with van der Waals surface area (Å²) in [5.74, 6) is 1.77. The molecule has 1 amide bonds. The molecule has 1 aromatic heterocycles. The summed E-state index contributed by atoms with van der Waals surface area (Å²) in [7, 11) is 0. The molecule has 0 atom stereocenters. The molecule has 0 bridgehead atoms. The Labute approximate surface area is 184 Å². The number of rotatable bonds is 8. The van der Waals surface area contributed by atoms with Gasteiger partial charge in [-0.15, -0.1) is 0 Å². The van der Waals surface area contributed by atoms with Crippen LogP contribution in [0.2, 0.25) is 0 Å². The quantitative estimate of drug-likeness (QED) is 0.528. The maximum atomic E-state index is 12.9. The van der Waals surface area contributed by atoms with Crippen molar-refractivity contribution >= 4 is 5.91 Å². The SMILES string of the molecule is CCOc1ccc(CCC2CCN(C(=O)c3ccc(Cn4cccn4)cc3)CC2)cc1. The van der Waals surface area contributed by atoms with Gasteiger partial charge in [0.05, 0.1) is 13.2 Å². The molecule has 0 N–H and O–H groups in total. The smallest absolute Gasteiger partial charge is 0.253 e. The molecule has 0 radical (unpaired) electrons. The van der Waals surface area contributed by atoms with E-state index in [-0.39, 0.29) is 5.91 Å². The van der Waals surface area contributed by atoms with Crippen LogP contribution < -0.4 is 4.74 Å². The van der Waals surface area contributed by atoms with Crippen LogP contribution in [0.15, 0.2) is 67.0 Å². The van der Waals surface area contributed by atoms with Gasteiger partial charge in [-0.3, -0.25) is 9.48 Å². The van der Waals surface area contributed by atoms with Crippen LogP contribution in [0.4, 0.5) is 0 Å². The zero-order valence-electron chi connectivity index (χ0n) is 18.2. The van der Waals surface area contributed by atoms with Crippen LogP contribution in [0.25, 0.3) is 0 Å². The Kier molecular flexibility index (Phi) is 7.03. The van der Waals surface area contributed by atoms with Gasteiger partial charge in [-0.1, -0.05) is 24.3 Å². The van der Waals surface area contributed by atoms with Crippen molar-refractivity contribution in [1.29, 1.82) is 0 Å². The van der Waals surface area contributed by atoms with E-state index in [1.165, 1.54) is 12.0 Å². The average Bonchev–Trinajstić information content (AvgIpc) is 3.32. The fourth-order valence-electron chi connectivity index (χ4n) is 4.23. The fraction of sp³-hybridized carbons (Fsp3) is 0.385. The minimum absolute atomic E-state index is 0.149. The zero-order chi connectivity index (χ0) is 21.5. The van der Waals surface area contributed by atoms with Crippen molar-refractivity contribution in [2.45, 2.75) is 39.2 Å². The zero-order valence-corrected chi connectivity index (χ0v) is 18.2. The summed E-state index contributed by atoms with van der Waals surface area (Å²) in [6.45, 7) is 5.12. The number of benzene rings is 2. The van der Waals surface area contributed by atoms with Gasteiger partial charge in [0, 0.05) is 31.0 Å². The number of carbonyl (C=O) groups is 1. The number of nitrogens with zero attached hydrogens (tertiary/aromatic N) is 3. The summed E-state index contributed by atoms with van der Waals surface area (Å²) in [5, 5.41) is 4.23. The average molecular weight is 418 g/mol. The first-order valence-electron chi connectivity index (χ1n) is 11.3. The normalized spacial score (nSPS) is 14.5. The van der Waals surface area contributed by atoms with Gasteiger partial charge in [0.2, 0.25) is 0 Å². The van der Waals surface area contributed by atoms with E-state index < -0.39 is 0 Å². The first kappa shape index (κ1) is 21.2. The van der Waals surface area contributed by atoms with Gasteiger partial charge >= 0.3 is 0 Å². The predicted molar refractivity (Wildman–Crippen MR) is 122 cm³/mol. The van der Waals surface area contributed by atoms with Crippen molar-refractivity contribution in [3.05, 3.63) is 83.7 Å². The second-order valence-corrected chi connectivity index (χ2v) is 8.25. The third-order valence-corrected chi connectivity index (χ3v) is 6.08. The summed E-state index contributed by atoms with van der Waals surface area (Å²) in [6, 6.07) is 18.3. The summed E-state index contributed by atoms with van der Waals surface area (Å²) >= 11 is 0. The lowest BCUT2D eigenvalue weighted by atomic mass is 9.90. The van der Waals surface area contributed by atoms with Crippen molar-refractivity contribution < 1.29 is 9.53 Å². The molecule has 1 aliphatic heterocycles. The van der Waals surface area contributed by atoms with Gasteiger partial charge in [-0.2, -0.15) is 5.10 Å². The van der Waals surface area contributed by atoms with Crippen molar-refractivity contribution in [3.63, 3.8) is 0 Å². The van der Waals surface area contributed by atoms with E-state index in [2.05, 4.69) is 29.4 Å². The van der Waals surface area contributed by atoms with Crippen LogP contribution >= 0.6 is 0 Å². The number of carbonyl (C=O) groups excluding carboxylic acids is 1. The molecule has 3 aromatic rings. The van der Waals surface area contributed by atoms with E-state index >= 15 is 0 Å². The van der Waals surface area contributed by atoms with Crippen molar-refractivity contribution in [2.24, 2.45) is 5.92 Å². The largest absolute Gasteiger partial charge is 0.494 e. The number of hydrogen-bond donors (Lipinski definition) is 0. The molecule has 0 saturated carbocycles. The molecule has 1 saturated heterocycles. The Hall–Kier alpha value is -3.08. The molecule has 0 spiro atoms. The molecular weight excluding hydrogens is 386 g/mol. The van der Waals surface area contributed by atoms with Gasteiger partial charge in [0.25, 0.3) is 5.91 Å². The number of piperidine rings is 1. The van der Waals surface area contributed by atoms with Crippen LogP contribution in [-0.4, -0.2) is 40.3 Å². The molecule has 2 aromatic carbocycles. The monoisotopic (exact) mass is 417 g/mol. The Balaban J connectivity index is 1.23. The predicted octanol–water partition coefficient (Wildman–Crippen LogP) is 4.82. The fourth-order valence-corrected chi connectivity index (χ4v) is 4.23. The van der Waals surface area contributed by atoms with Gasteiger partial charge in [-0.25, -0.2) is 0 Å². The molecule has 0 aliphatic carbocycles. The van der Waals surface area contributed by atoms with Gasteiger partial charge in [-0.05, 0) is 80.0 Å². The molecule has 31 heavy (non-hydrogen) atoms. The van der Waals surface area contributed by atoms with E-state index in [1.54, 1.807) is 6.20 Å². The third-order valence-electron chi connectivity index (χ3n) is 6.08. The Morgan fingerprint density at radius 1 is 1.03 bits per heavy atom. The summed E-state index contributed by atoms with van der Waals surface area (Å²) < 4.78 is 7.40. The molecule has 4 rings (SSSR count). The van der Waals surface area contributed by atoms with Crippen LogP contribution in [-0.2, 0) is 13.0 Å². The van der Waals surface area contributed by atoms with Crippen LogP contribution in [0.1, 0.15) is 47.7 Å². The first-order valence-corrected chi connectivity index (χ1v) is 11.3. The highest BCUT2D eigenvalue weighted by Crippen LogP contribution is 2.24. The number of hydrogen-bond acceptors (Lipinski definition) is 3. The van der Waals surface area contributed by atoms with Crippen molar-refractivity contribution in [3.8, 4) is 5.75 Å². The van der Waals surface area contributed by atoms with E-state index in [1.807, 2.05) is 53.0 Å². The molecule has 5 heteroatoms. The number of ether oxygens (including phenoxy) is 1. The highest BCUT2D eigenvalue weighted by atomic mass is 16.5. The third kappa shape index (κ3) is 5.75. The minimum atomic E-state index is 0.149. The van der Waals surface area contributed by atoms with Crippen molar-refractivity contribution in [1.82, 2.24) is 14.7 Å². The highest BCUT2D eigenvalue weighted by molar-refractivity contribution is 5.94. The Bertz CT molecular complexity index is 941. The number of aromatic nitrogens is 2. The number of likely N-dealkylation sites (tertiary alicyclic amines) is 1. The summed E-state index contributed by atoms with van der Waals surface area (Å²) in [4.78, 5) is 14.9. The molecule has 5 nitrogen and oxygen atoms in total. The summed E-state index contributed by atoms with van der Waals surface area (Å²) in [5.41, 5.74) is 3.28. The molecular formula is C26H31N3O2. The molecule has 1 aliphatic rings. The lowest BCUT2D eigenvalue weighted by Gasteiger charge is -2.32. The lowest BCUT2D eigenvalue weighted by Crippen LogP contribution is -2.38. The van der Waals surface area contributed by atoms with Gasteiger partial charge in [0.15, 0.2) is 0 Å². The van der Waals surface area contributed by atoms with Crippen LogP contribution in [0.5, 0.6) is 5.75 Å². The second kappa shape index (κ2) is 10.3. The molecule has 2 heterocycles. The Morgan fingerprint density at radius 2 is 1.74 bits per heavy atom. The van der Waals surface area contributed by atoms with Gasteiger partial charge in [0.1, 0.15) is 5.75 Å². The Morgan fingerprint density at radius 3 is 2.39 bits per heavy atom. The van der Waals surface area contributed by atoms with Crippen LogP contribution in [0.3, 0.4) is 0 Å². The standard InChI is InChI=1S/C26H31N3O2/c1-2-31-25-12-8-21(9-13-25)4-5-22-14-18-28(19-15-22)26(30)24-10-6-23(7-11-24)20-29-17-3-16-27-29/h3,6-13,16-17,22H,2,4-5,14-15,18-20H2,1H3. The van der Waals surface area contributed by atoms with E-state index in [0.29, 0.717) is 12.5 Å². The maximum absolute atomic E-state index is 12.9. The molecule has 162 valence electrons. The second-order valence-electron chi connectivity index (χ2n) is 8.25. The maximum Gasteiger partial charge on any atom is 0.253 e. The van der Waals surface area contributed by atoms with E-state index in [0.717, 1.165) is 55.8 Å². The first-order chi connectivity index (χ1) is 15.2. The molecule has 1 fully saturated rings. The molecule has 0 unspecified atom stereocenters. The number of aryl methyl sites for hydroxylation is 1. The highest BCUT2D eigenvalue weighted by Gasteiger charge is 2.23. The lowest BCUT2D eigenvalue weighted by molar-refractivity contribution is 0.0687. The number of amides is 1. The van der Waals surface area contributed by atoms with Gasteiger partial charge < -0.3 is 9.64 Å². The summed E-state index contributed by atoms with van der Waals surface area (Å²) in [6.07, 6.45) is 8.15. The van der Waals surface area contributed by atoms with E-state index in [4.69, 9.17) is 4.74 Å².